The highest BCUT2D eigenvalue weighted by Gasteiger charge is 2.00. The van der Waals surface area contributed by atoms with Crippen molar-refractivity contribution in [3.05, 3.63) is 47.8 Å². The molecule has 0 fully saturated rings. The van der Waals surface area contributed by atoms with Crippen molar-refractivity contribution in [1.29, 1.82) is 0 Å². The number of aromatic nitrogens is 3. The first kappa shape index (κ1) is 11.8. The Kier molecular flexibility index (Phi) is 3.70. The molecule has 4 N–H and O–H groups in total. The van der Waals surface area contributed by atoms with Crippen LogP contribution in [0.4, 0.5) is 5.95 Å². The molecule has 0 unspecified atom stereocenters. The minimum atomic E-state index is -0.200. The summed E-state index contributed by atoms with van der Waals surface area (Å²) < 4.78 is 0. The molecule has 6 nitrogen and oxygen atoms in total. The molecule has 0 atom stereocenters. The van der Waals surface area contributed by atoms with Gasteiger partial charge in [-0.05, 0) is 11.6 Å². The highest BCUT2D eigenvalue weighted by molar-refractivity contribution is 5.91. The Morgan fingerprint density at radius 3 is 2.83 bits per heavy atom. The van der Waals surface area contributed by atoms with Crippen molar-refractivity contribution in [2.24, 2.45) is 0 Å². The highest BCUT2D eigenvalue weighted by atomic mass is 16.1. The van der Waals surface area contributed by atoms with Gasteiger partial charge in [-0.3, -0.25) is 9.89 Å². The molecule has 18 heavy (non-hydrogen) atoms. The van der Waals surface area contributed by atoms with E-state index in [1.807, 2.05) is 30.3 Å². The van der Waals surface area contributed by atoms with Crippen molar-refractivity contribution in [2.45, 2.75) is 6.54 Å². The van der Waals surface area contributed by atoms with Gasteiger partial charge < -0.3 is 11.1 Å². The lowest BCUT2D eigenvalue weighted by molar-refractivity contribution is -0.116. The number of aromatic amines is 1. The Balaban J connectivity index is 1.84. The van der Waals surface area contributed by atoms with Crippen molar-refractivity contribution in [1.82, 2.24) is 20.5 Å². The van der Waals surface area contributed by atoms with Crippen LogP contribution in [0.25, 0.3) is 6.08 Å². The average molecular weight is 243 g/mol. The summed E-state index contributed by atoms with van der Waals surface area (Å²) in [5, 5.41) is 8.94. The second-order valence-electron chi connectivity index (χ2n) is 3.60. The molecule has 0 radical (unpaired) electrons. The number of hydrogen-bond acceptors (Lipinski definition) is 4. The fourth-order valence-electron chi connectivity index (χ4n) is 1.35. The van der Waals surface area contributed by atoms with E-state index in [1.165, 1.54) is 6.08 Å². The second-order valence-corrected chi connectivity index (χ2v) is 3.60. The highest BCUT2D eigenvalue weighted by Crippen LogP contribution is 2.00. The molecule has 1 aromatic carbocycles. The molecule has 0 aliphatic carbocycles. The van der Waals surface area contributed by atoms with Gasteiger partial charge in [0.15, 0.2) is 0 Å². The van der Waals surface area contributed by atoms with E-state index in [0.29, 0.717) is 5.82 Å². The third-order valence-corrected chi connectivity index (χ3v) is 2.21. The van der Waals surface area contributed by atoms with E-state index in [0.717, 1.165) is 5.56 Å². The van der Waals surface area contributed by atoms with Gasteiger partial charge in [-0.25, -0.2) is 0 Å². The van der Waals surface area contributed by atoms with Crippen LogP contribution in [-0.2, 0) is 11.3 Å². The zero-order valence-corrected chi connectivity index (χ0v) is 9.63. The Bertz CT molecular complexity index is 547. The number of nitrogens with two attached hydrogens (primary N) is 1. The molecule has 0 saturated heterocycles. The number of anilines is 1. The van der Waals surface area contributed by atoms with Crippen LogP contribution in [0.15, 0.2) is 36.4 Å². The standard InChI is InChI=1S/C12H13N5O/c13-12-15-10(16-17-12)8-14-11(18)7-6-9-4-2-1-3-5-9/h1-7H,8H2,(H,14,18)(H3,13,15,16,17). The topological polar surface area (TPSA) is 96.7 Å². The van der Waals surface area contributed by atoms with Crippen molar-refractivity contribution in [3.8, 4) is 0 Å². The molecule has 1 amide bonds. The normalized spacial score (nSPS) is 10.7. The van der Waals surface area contributed by atoms with Gasteiger partial charge >= 0.3 is 0 Å². The molecule has 1 heterocycles. The third-order valence-electron chi connectivity index (χ3n) is 2.21. The zero-order chi connectivity index (χ0) is 12.8. The summed E-state index contributed by atoms with van der Waals surface area (Å²) in [5.74, 6) is 0.488. The van der Waals surface area contributed by atoms with Gasteiger partial charge in [-0.1, -0.05) is 30.3 Å². The number of nitrogen functional groups attached to an aromatic ring is 1. The molecule has 6 heteroatoms. The quantitative estimate of drug-likeness (QED) is 0.689. The number of hydrogen-bond donors (Lipinski definition) is 3. The summed E-state index contributed by atoms with van der Waals surface area (Å²) in [4.78, 5) is 15.4. The maximum absolute atomic E-state index is 11.5. The van der Waals surface area contributed by atoms with Crippen molar-refractivity contribution >= 4 is 17.9 Å². The number of rotatable bonds is 4. The largest absolute Gasteiger partial charge is 0.367 e. The zero-order valence-electron chi connectivity index (χ0n) is 9.63. The van der Waals surface area contributed by atoms with E-state index in [1.54, 1.807) is 6.08 Å². The van der Waals surface area contributed by atoms with E-state index in [4.69, 9.17) is 5.73 Å². The fraction of sp³-hybridized carbons (Fsp3) is 0.0833. The fourth-order valence-corrected chi connectivity index (χ4v) is 1.35. The van der Waals surface area contributed by atoms with Crippen LogP contribution in [0.2, 0.25) is 0 Å². The number of nitrogens with one attached hydrogen (secondary N) is 2. The maximum Gasteiger partial charge on any atom is 0.244 e. The van der Waals surface area contributed by atoms with E-state index in [9.17, 15) is 4.79 Å². The van der Waals surface area contributed by atoms with Crippen molar-refractivity contribution in [3.63, 3.8) is 0 Å². The monoisotopic (exact) mass is 243 g/mol. The van der Waals surface area contributed by atoms with Gasteiger partial charge in [-0.2, -0.15) is 4.98 Å². The first-order valence-corrected chi connectivity index (χ1v) is 5.42. The SMILES string of the molecule is Nc1n[nH]c(CNC(=O)C=Cc2ccccc2)n1. The van der Waals surface area contributed by atoms with Crippen molar-refractivity contribution in [2.75, 3.05) is 5.73 Å². The third kappa shape index (κ3) is 3.44. The number of carbonyl (C=O) groups is 1. The number of carbonyl (C=O) groups excluding carboxylic acids is 1. The number of benzene rings is 1. The van der Waals surface area contributed by atoms with E-state index in [2.05, 4.69) is 20.5 Å². The number of nitrogens with zero attached hydrogens (tertiary/aromatic N) is 2. The lowest BCUT2D eigenvalue weighted by Gasteiger charge is -1.97. The molecular weight excluding hydrogens is 230 g/mol. The summed E-state index contributed by atoms with van der Waals surface area (Å²) in [7, 11) is 0. The van der Waals surface area contributed by atoms with Crippen molar-refractivity contribution < 1.29 is 4.79 Å². The molecule has 1 aromatic heterocycles. The van der Waals surface area contributed by atoms with Gasteiger partial charge in [0.1, 0.15) is 5.82 Å². The molecule has 0 aliphatic heterocycles. The molecule has 2 rings (SSSR count). The molecule has 0 spiro atoms. The Morgan fingerprint density at radius 1 is 1.39 bits per heavy atom. The van der Waals surface area contributed by atoms with Gasteiger partial charge in [0.25, 0.3) is 0 Å². The predicted octanol–water partition coefficient (Wildman–Crippen LogP) is 0.716. The number of H-pyrrole nitrogens is 1. The molecule has 92 valence electrons. The van der Waals surface area contributed by atoms with Crippen LogP contribution in [-0.4, -0.2) is 21.1 Å². The van der Waals surface area contributed by atoms with Crippen LogP contribution in [0.5, 0.6) is 0 Å². The minimum Gasteiger partial charge on any atom is -0.367 e. The van der Waals surface area contributed by atoms with Crippen LogP contribution >= 0.6 is 0 Å². The lowest BCUT2D eigenvalue weighted by atomic mass is 10.2. The average Bonchev–Trinajstić information content (AvgIpc) is 2.81. The van der Waals surface area contributed by atoms with Crippen LogP contribution in [0.1, 0.15) is 11.4 Å². The molecular formula is C12H13N5O. The van der Waals surface area contributed by atoms with Gasteiger partial charge in [0.2, 0.25) is 11.9 Å². The maximum atomic E-state index is 11.5. The van der Waals surface area contributed by atoms with Gasteiger partial charge in [0.05, 0.1) is 6.54 Å². The smallest absolute Gasteiger partial charge is 0.244 e. The van der Waals surface area contributed by atoms with Gasteiger partial charge in [0, 0.05) is 6.08 Å². The van der Waals surface area contributed by atoms with Crippen LogP contribution in [0, 0.1) is 0 Å². The summed E-state index contributed by atoms with van der Waals surface area (Å²) in [6.07, 6.45) is 3.21. The van der Waals surface area contributed by atoms with E-state index < -0.39 is 0 Å². The predicted molar refractivity (Wildman–Crippen MR) is 68.1 cm³/mol. The summed E-state index contributed by atoms with van der Waals surface area (Å²) >= 11 is 0. The first-order valence-electron chi connectivity index (χ1n) is 5.42. The minimum absolute atomic E-state index is 0.166. The van der Waals surface area contributed by atoms with E-state index >= 15 is 0 Å². The second kappa shape index (κ2) is 5.62. The van der Waals surface area contributed by atoms with Crippen LogP contribution < -0.4 is 11.1 Å². The molecule has 0 aliphatic rings. The first-order chi connectivity index (χ1) is 8.74. The molecule has 2 aromatic rings. The molecule has 0 bridgehead atoms. The summed E-state index contributed by atoms with van der Waals surface area (Å²) in [6, 6.07) is 9.58. The Labute approximate surface area is 104 Å². The molecule has 0 saturated carbocycles. The van der Waals surface area contributed by atoms with Gasteiger partial charge in [-0.15, -0.1) is 5.10 Å². The summed E-state index contributed by atoms with van der Waals surface area (Å²) in [6.45, 7) is 0.266. The van der Waals surface area contributed by atoms with E-state index in [-0.39, 0.29) is 18.4 Å². The van der Waals surface area contributed by atoms with Crippen LogP contribution in [0.3, 0.4) is 0 Å². The number of amides is 1. The Hall–Kier alpha value is -2.63. The lowest BCUT2D eigenvalue weighted by Crippen LogP contribution is -2.20. The Morgan fingerprint density at radius 2 is 2.17 bits per heavy atom. The summed E-state index contributed by atoms with van der Waals surface area (Å²) in [5.41, 5.74) is 6.31.